The molecule has 0 spiro atoms. The van der Waals surface area contributed by atoms with E-state index in [9.17, 15) is 5.11 Å². The molecule has 162 valence electrons. The number of hydrogen-bond acceptors (Lipinski definition) is 6. The van der Waals surface area contributed by atoms with E-state index in [4.69, 9.17) is 11.6 Å². The molecule has 2 aromatic heterocycles. The fraction of sp³-hybridized carbons (Fsp3) is 0.364. The van der Waals surface area contributed by atoms with Gasteiger partial charge in [0.25, 0.3) is 0 Å². The van der Waals surface area contributed by atoms with Crippen LogP contribution in [-0.4, -0.2) is 50.3 Å². The summed E-state index contributed by atoms with van der Waals surface area (Å²) in [5, 5.41) is 31.2. The smallest absolute Gasteiger partial charge is 0.161 e. The van der Waals surface area contributed by atoms with Crippen molar-refractivity contribution in [3.8, 4) is 0 Å². The van der Waals surface area contributed by atoms with Crippen LogP contribution in [0.4, 0.5) is 17.2 Å². The topological polar surface area (TPSA) is 94.0 Å². The van der Waals surface area contributed by atoms with Gasteiger partial charge in [-0.15, -0.1) is 0 Å². The van der Waals surface area contributed by atoms with Crippen LogP contribution in [0.15, 0.2) is 30.5 Å². The Hall–Kier alpha value is -2.81. The molecule has 2 atom stereocenters. The average molecular weight is 440 g/mol. The van der Waals surface area contributed by atoms with E-state index < -0.39 is 0 Å². The highest BCUT2D eigenvalue weighted by Gasteiger charge is 2.23. The molecule has 0 amide bonds. The van der Waals surface area contributed by atoms with Gasteiger partial charge in [0.15, 0.2) is 5.82 Å². The second-order valence-electron chi connectivity index (χ2n) is 8.45. The number of piperazine rings is 1. The van der Waals surface area contributed by atoms with E-state index in [0.29, 0.717) is 22.9 Å². The lowest BCUT2D eigenvalue weighted by molar-refractivity contribution is 0.282. The molecule has 31 heavy (non-hydrogen) atoms. The number of nitrogens with one attached hydrogen (secondary N) is 3. The van der Waals surface area contributed by atoms with E-state index >= 15 is 0 Å². The number of halogens is 1. The Labute approximate surface area is 185 Å². The second kappa shape index (κ2) is 7.71. The number of aromatic nitrogens is 4. The Balaban J connectivity index is 1.51. The number of H-pyrrole nitrogens is 1. The van der Waals surface area contributed by atoms with Gasteiger partial charge in [-0.1, -0.05) is 11.6 Å². The van der Waals surface area contributed by atoms with Gasteiger partial charge in [-0.05, 0) is 38.1 Å². The van der Waals surface area contributed by atoms with Crippen LogP contribution < -0.4 is 15.5 Å². The standard InChI is InChI=1S/C22H26ClN7O/c1-12-8-30(9-13(2)24-12)16-6-17(23)21-20(7-16)26-27-22(21)25-18-4-14-10-29(3)28-19(14)5-15(18)11-31/h4-7,10,12-13,24,31H,8-9,11H2,1-3H3,(H2,25,26,27)/t12-,13-/m0/s1. The normalized spacial score (nSPS) is 19.5. The van der Waals surface area contributed by atoms with Gasteiger partial charge in [0.05, 0.1) is 28.0 Å². The number of aliphatic hydroxyl groups excluding tert-OH is 1. The van der Waals surface area contributed by atoms with Gasteiger partial charge in [-0.25, -0.2) is 0 Å². The quantitative estimate of drug-likeness (QED) is 0.388. The van der Waals surface area contributed by atoms with Crippen LogP contribution in [0.1, 0.15) is 19.4 Å². The zero-order valence-electron chi connectivity index (χ0n) is 17.8. The van der Waals surface area contributed by atoms with Crippen molar-refractivity contribution in [1.82, 2.24) is 25.3 Å². The number of rotatable bonds is 4. The SMILES string of the molecule is C[C@H]1CN(c2cc(Cl)c3c(Nc4cc5cn(C)nc5cc4CO)n[nH]c3c2)C[C@H](C)N1. The minimum Gasteiger partial charge on any atom is -0.392 e. The van der Waals surface area contributed by atoms with Crippen molar-refractivity contribution in [3.63, 3.8) is 0 Å². The average Bonchev–Trinajstić information content (AvgIpc) is 3.28. The summed E-state index contributed by atoms with van der Waals surface area (Å²) in [4.78, 5) is 2.35. The summed E-state index contributed by atoms with van der Waals surface area (Å²) in [6.45, 7) is 6.14. The molecule has 0 radical (unpaired) electrons. The molecule has 0 aliphatic carbocycles. The molecule has 0 unspecified atom stereocenters. The lowest BCUT2D eigenvalue weighted by Gasteiger charge is -2.37. The van der Waals surface area contributed by atoms with Gasteiger partial charge >= 0.3 is 0 Å². The van der Waals surface area contributed by atoms with Crippen LogP contribution in [-0.2, 0) is 13.7 Å². The predicted octanol–water partition coefficient (Wildman–Crippen LogP) is 3.53. The lowest BCUT2D eigenvalue weighted by Crippen LogP contribution is -2.54. The molecule has 4 N–H and O–H groups in total. The molecule has 9 heteroatoms. The highest BCUT2D eigenvalue weighted by molar-refractivity contribution is 6.36. The third kappa shape index (κ3) is 3.71. The van der Waals surface area contributed by atoms with Gasteiger partial charge in [-0.3, -0.25) is 9.78 Å². The highest BCUT2D eigenvalue weighted by atomic mass is 35.5. The van der Waals surface area contributed by atoms with E-state index in [2.05, 4.69) is 50.7 Å². The third-order valence-electron chi connectivity index (χ3n) is 5.79. The zero-order chi connectivity index (χ0) is 21.7. The maximum absolute atomic E-state index is 9.87. The van der Waals surface area contributed by atoms with E-state index in [0.717, 1.165) is 51.8 Å². The molecular weight excluding hydrogens is 414 g/mol. The second-order valence-corrected chi connectivity index (χ2v) is 8.86. The third-order valence-corrected chi connectivity index (χ3v) is 6.09. The first-order valence-electron chi connectivity index (χ1n) is 10.4. The Morgan fingerprint density at radius 1 is 1.19 bits per heavy atom. The summed E-state index contributed by atoms with van der Waals surface area (Å²) in [6.07, 6.45) is 1.94. The summed E-state index contributed by atoms with van der Waals surface area (Å²) < 4.78 is 1.76. The van der Waals surface area contributed by atoms with Gasteiger partial charge in [0, 0.05) is 60.7 Å². The number of nitrogens with zero attached hydrogens (tertiary/aromatic N) is 4. The molecule has 1 aliphatic rings. The molecule has 4 aromatic rings. The molecular formula is C22H26ClN7O. The number of fused-ring (bicyclic) bond motifs is 2. The Morgan fingerprint density at radius 3 is 2.71 bits per heavy atom. The van der Waals surface area contributed by atoms with Crippen LogP contribution in [0.2, 0.25) is 5.02 Å². The number of aliphatic hydroxyl groups is 1. The molecule has 2 aromatic carbocycles. The van der Waals surface area contributed by atoms with Crippen LogP contribution in [0.25, 0.3) is 21.8 Å². The molecule has 0 bridgehead atoms. The highest BCUT2D eigenvalue weighted by Crippen LogP contribution is 2.36. The number of benzene rings is 2. The van der Waals surface area contributed by atoms with Crippen molar-refractivity contribution in [3.05, 3.63) is 41.0 Å². The molecule has 3 heterocycles. The molecule has 1 aliphatic heterocycles. The summed E-state index contributed by atoms with van der Waals surface area (Å²) in [5.41, 5.74) is 4.32. The summed E-state index contributed by atoms with van der Waals surface area (Å²) in [6, 6.07) is 8.79. The molecule has 8 nitrogen and oxygen atoms in total. The van der Waals surface area contributed by atoms with E-state index in [-0.39, 0.29) is 6.61 Å². The van der Waals surface area contributed by atoms with Crippen molar-refractivity contribution in [2.75, 3.05) is 23.3 Å². The van der Waals surface area contributed by atoms with E-state index in [1.165, 1.54) is 0 Å². The van der Waals surface area contributed by atoms with Gasteiger partial charge in [0.2, 0.25) is 0 Å². The minimum absolute atomic E-state index is 0.103. The van der Waals surface area contributed by atoms with Crippen molar-refractivity contribution >= 4 is 50.6 Å². The summed E-state index contributed by atoms with van der Waals surface area (Å²) in [7, 11) is 1.88. The van der Waals surface area contributed by atoms with Crippen molar-refractivity contribution in [2.45, 2.75) is 32.5 Å². The van der Waals surface area contributed by atoms with Gasteiger partial charge < -0.3 is 20.6 Å². The van der Waals surface area contributed by atoms with Crippen LogP contribution in [0, 0.1) is 0 Å². The molecule has 1 saturated heterocycles. The van der Waals surface area contributed by atoms with Crippen LogP contribution in [0.3, 0.4) is 0 Å². The predicted molar refractivity (Wildman–Crippen MR) is 125 cm³/mol. The molecule has 5 rings (SSSR count). The number of anilines is 3. The Bertz CT molecular complexity index is 1250. The largest absolute Gasteiger partial charge is 0.392 e. The lowest BCUT2D eigenvalue weighted by atomic mass is 10.1. The molecule has 0 saturated carbocycles. The zero-order valence-corrected chi connectivity index (χ0v) is 18.5. The van der Waals surface area contributed by atoms with Crippen LogP contribution >= 0.6 is 11.6 Å². The van der Waals surface area contributed by atoms with E-state index in [1.807, 2.05) is 31.4 Å². The van der Waals surface area contributed by atoms with Crippen LogP contribution in [0.5, 0.6) is 0 Å². The fourth-order valence-corrected chi connectivity index (χ4v) is 4.82. The summed E-state index contributed by atoms with van der Waals surface area (Å²) in [5.74, 6) is 0.631. The minimum atomic E-state index is -0.103. The van der Waals surface area contributed by atoms with Crippen molar-refractivity contribution in [2.24, 2.45) is 7.05 Å². The first-order chi connectivity index (χ1) is 14.9. The number of aromatic amines is 1. The van der Waals surface area contributed by atoms with Crippen molar-refractivity contribution < 1.29 is 5.11 Å². The van der Waals surface area contributed by atoms with Crippen molar-refractivity contribution in [1.29, 1.82) is 0 Å². The summed E-state index contributed by atoms with van der Waals surface area (Å²) >= 11 is 6.73. The first kappa shape index (κ1) is 20.1. The molecule has 1 fully saturated rings. The Morgan fingerprint density at radius 2 is 1.97 bits per heavy atom. The first-order valence-corrected chi connectivity index (χ1v) is 10.8. The maximum atomic E-state index is 9.87. The number of aryl methyl sites for hydroxylation is 1. The number of hydrogen-bond donors (Lipinski definition) is 4. The maximum Gasteiger partial charge on any atom is 0.161 e. The van der Waals surface area contributed by atoms with Gasteiger partial charge in [0.1, 0.15) is 0 Å². The van der Waals surface area contributed by atoms with Gasteiger partial charge in [-0.2, -0.15) is 10.2 Å². The monoisotopic (exact) mass is 439 g/mol. The Kier molecular flexibility index (Phi) is 5.00. The van der Waals surface area contributed by atoms with E-state index in [1.54, 1.807) is 4.68 Å². The fourth-order valence-electron chi connectivity index (χ4n) is 4.52.